The van der Waals surface area contributed by atoms with E-state index >= 15 is 0 Å². The zero-order chi connectivity index (χ0) is 24.8. The first-order valence-electron chi connectivity index (χ1n) is 10.1. The lowest BCUT2D eigenvalue weighted by Gasteiger charge is -2.27. The number of amides is 3. The molecule has 0 fully saturated rings. The van der Waals surface area contributed by atoms with Crippen LogP contribution >= 0.6 is 12.6 Å². The van der Waals surface area contributed by atoms with Crippen LogP contribution in [0.15, 0.2) is 4.99 Å². The number of carbonyl (C=O) groups excluding carboxylic acids is 3. The Bertz CT molecular complexity index is 674. The summed E-state index contributed by atoms with van der Waals surface area (Å²) in [4.78, 5) is 52.7. The van der Waals surface area contributed by atoms with Crippen molar-refractivity contribution in [2.75, 3.05) is 18.9 Å². The normalized spacial score (nSPS) is 15.4. The second kappa shape index (κ2) is 15.3. The summed E-state index contributed by atoms with van der Waals surface area (Å²) in [5.74, 6) is -3.98. The van der Waals surface area contributed by atoms with E-state index in [1.54, 1.807) is 6.92 Å². The van der Waals surface area contributed by atoms with E-state index in [1.165, 1.54) is 0 Å². The Kier molecular flexibility index (Phi) is 14.0. The molecule has 184 valence electrons. The van der Waals surface area contributed by atoms with Crippen molar-refractivity contribution in [3.05, 3.63) is 0 Å². The highest BCUT2D eigenvalue weighted by molar-refractivity contribution is 7.80. The second-order valence-electron chi connectivity index (χ2n) is 7.25. The highest BCUT2D eigenvalue weighted by Crippen LogP contribution is 2.10. The lowest BCUT2D eigenvalue weighted by molar-refractivity contribution is -0.141. The molecule has 0 aromatic carbocycles. The molecule has 0 heterocycles. The quantitative estimate of drug-likeness (QED) is 0.0501. The van der Waals surface area contributed by atoms with Crippen LogP contribution in [0.5, 0.6) is 0 Å². The van der Waals surface area contributed by atoms with Crippen LogP contribution in [0.3, 0.4) is 0 Å². The average Bonchev–Trinajstić information content (AvgIpc) is 2.75. The summed E-state index contributed by atoms with van der Waals surface area (Å²) in [5.41, 5.74) is 16.1. The van der Waals surface area contributed by atoms with Crippen molar-refractivity contribution in [2.24, 2.45) is 28.1 Å². The van der Waals surface area contributed by atoms with Gasteiger partial charge in [0.1, 0.15) is 24.2 Å². The van der Waals surface area contributed by atoms with Crippen LogP contribution in [0.25, 0.3) is 0 Å². The second-order valence-corrected chi connectivity index (χ2v) is 7.62. The molecule has 14 heteroatoms. The monoisotopic (exact) mass is 477 g/mol. The van der Waals surface area contributed by atoms with Gasteiger partial charge >= 0.3 is 5.97 Å². The zero-order valence-electron chi connectivity index (χ0n) is 18.3. The minimum atomic E-state index is -1.28. The van der Waals surface area contributed by atoms with Gasteiger partial charge in [-0.25, -0.2) is 4.79 Å². The fourth-order valence-electron chi connectivity index (χ4n) is 2.54. The van der Waals surface area contributed by atoms with Gasteiger partial charge in [-0.05, 0) is 18.8 Å². The summed E-state index contributed by atoms with van der Waals surface area (Å²) in [7, 11) is 0. The van der Waals surface area contributed by atoms with Crippen molar-refractivity contribution in [3.8, 4) is 0 Å². The van der Waals surface area contributed by atoms with E-state index < -0.39 is 54.5 Å². The number of nitrogens with two attached hydrogens (primary N) is 3. The predicted molar refractivity (Wildman–Crippen MR) is 122 cm³/mol. The molecule has 0 bridgehead atoms. The lowest BCUT2D eigenvalue weighted by atomic mass is 9.97. The lowest BCUT2D eigenvalue weighted by Crippen LogP contribution is -2.59. The third-order valence-corrected chi connectivity index (χ3v) is 5.07. The molecular formula is C18H35N7O6S. The van der Waals surface area contributed by atoms with Gasteiger partial charge in [0.05, 0.1) is 6.61 Å². The van der Waals surface area contributed by atoms with Gasteiger partial charge in [-0.3, -0.25) is 19.4 Å². The highest BCUT2D eigenvalue weighted by atomic mass is 32.1. The number of carboxylic acids is 1. The third kappa shape index (κ3) is 10.6. The molecular weight excluding hydrogens is 442 g/mol. The van der Waals surface area contributed by atoms with E-state index in [0.29, 0.717) is 12.8 Å². The molecule has 5 atom stereocenters. The van der Waals surface area contributed by atoms with Crippen LogP contribution in [0.2, 0.25) is 0 Å². The van der Waals surface area contributed by atoms with Gasteiger partial charge in [0.15, 0.2) is 5.96 Å². The molecule has 0 aliphatic heterocycles. The molecule has 0 aromatic heterocycles. The average molecular weight is 478 g/mol. The number of rotatable bonds is 15. The number of nitrogens with zero attached hydrogens (tertiary/aromatic N) is 1. The van der Waals surface area contributed by atoms with Gasteiger partial charge in [-0.15, -0.1) is 0 Å². The van der Waals surface area contributed by atoms with Crippen molar-refractivity contribution in [1.29, 1.82) is 0 Å². The van der Waals surface area contributed by atoms with Crippen molar-refractivity contribution < 1.29 is 29.4 Å². The van der Waals surface area contributed by atoms with Crippen LogP contribution < -0.4 is 33.2 Å². The summed E-state index contributed by atoms with van der Waals surface area (Å²) >= 11 is 3.91. The molecule has 0 unspecified atom stereocenters. The Labute approximate surface area is 192 Å². The Morgan fingerprint density at radius 2 is 1.62 bits per heavy atom. The number of aliphatic hydroxyl groups excluding tert-OH is 1. The SMILES string of the molecule is CC[C@H](C)[C@H](NC(=O)[C@@H](N)CO)C(=O)N[C@@H](CCCN=C(N)N)C(=O)N[C@@H](CS)C(=O)O. The molecule has 0 aliphatic carbocycles. The van der Waals surface area contributed by atoms with Gasteiger partial charge in [-0.1, -0.05) is 20.3 Å². The Balaban J connectivity index is 5.52. The Hall–Kier alpha value is -2.58. The highest BCUT2D eigenvalue weighted by Gasteiger charge is 2.32. The standard InChI is InChI=1S/C18H35N7O6S/c1-3-9(2)13(25-14(27)10(19)7-26)16(29)23-11(5-4-6-22-18(20)21)15(28)24-12(8-32)17(30)31/h9-13,26,32H,3-8,19H2,1-2H3,(H,23,29)(H,24,28)(H,25,27)(H,30,31)(H4,20,21,22)/t9-,10-,11-,12-,13-/m0/s1. The summed E-state index contributed by atoms with van der Waals surface area (Å²) in [6.45, 7) is 3.13. The molecule has 0 rings (SSSR count). The molecule has 0 aromatic rings. The van der Waals surface area contributed by atoms with E-state index in [9.17, 15) is 19.2 Å². The summed E-state index contributed by atoms with van der Waals surface area (Å²) in [5, 5.41) is 25.6. The van der Waals surface area contributed by atoms with E-state index in [2.05, 4.69) is 33.6 Å². The fourth-order valence-corrected chi connectivity index (χ4v) is 2.78. The zero-order valence-corrected chi connectivity index (χ0v) is 19.2. The van der Waals surface area contributed by atoms with E-state index in [4.69, 9.17) is 27.4 Å². The number of aliphatic imine (C=N–C) groups is 1. The molecule has 0 spiro atoms. The maximum absolute atomic E-state index is 12.9. The molecule has 0 aliphatic rings. The fraction of sp³-hybridized carbons (Fsp3) is 0.722. The summed E-state index contributed by atoms with van der Waals surface area (Å²) < 4.78 is 0. The molecule has 11 N–H and O–H groups in total. The number of hydrogen-bond acceptors (Lipinski definition) is 8. The molecule has 0 saturated heterocycles. The van der Waals surface area contributed by atoms with Crippen LogP contribution in [-0.2, 0) is 19.2 Å². The van der Waals surface area contributed by atoms with Gasteiger partial charge in [-0.2, -0.15) is 12.6 Å². The first-order valence-corrected chi connectivity index (χ1v) is 10.8. The van der Waals surface area contributed by atoms with Crippen molar-refractivity contribution in [1.82, 2.24) is 16.0 Å². The molecule has 13 nitrogen and oxygen atoms in total. The van der Waals surface area contributed by atoms with Crippen molar-refractivity contribution in [3.63, 3.8) is 0 Å². The third-order valence-electron chi connectivity index (χ3n) is 4.70. The van der Waals surface area contributed by atoms with Gasteiger partial charge < -0.3 is 43.4 Å². The number of thiol groups is 1. The number of carbonyl (C=O) groups is 4. The first-order chi connectivity index (χ1) is 15.0. The maximum Gasteiger partial charge on any atom is 0.327 e. The predicted octanol–water partition coefficient (Wildman–Crippen LogP) is -3.13. The minimum absolute atomic E-state index is 0.102. The van der Waals surface area contributed by atoms with E-state index in [0.717, 1.165) is 0 Å². The van der Waals surface area contributed by atoms with Crippen molar-refractivity contribution in [2.45, 2.75) is 57.3 Å². The first kappa shape index (κ1) is 29.4. The van der Waals surface area contributed by atoms with Gasteiger partial charge in [0.25, 0.3) is 0 Å². The Morgan fingerprint density at radius 3 is 2.09 bits per heavy atom. The minimum Gasteiger partial charge on any atom is -0.480 e. The van der Waals surface area contributed by atoms with Gasteiger partial charge in [0.2, 0.25) is 17.7 Å². The maximum atomic E-state index is 12.9. The Morgan fingerprint density at radius 1 is 1.03 bits per heavy atom. The van der Waals surface area contributed by atoms with Gasteiger partial charge in [0, 0.05) is 12.3 Å². The van der Waals surface area contributed by atoms with Crippen LogP contribution in [0, 0.1) is 5.92 Å². The number of hydrogen-bond donors (Lipinski definition) is 9. The van der Waals surface area contributed by atoms with Crippen LogP contribution in [0.1, 0.15) is 33.1 Å². The topological polar surface area (TPSA) is 235 Å². The number of aliphatic carboxylic acids is 1. The van der Waals surface area contributed by atoms with E-state index in [-0.39, 0.29) is 30.6 Å². The number of aliphatic hydroxyl groups is 1. The number of guanidine groups is 1. The largest absolute Gasteiger partial charge is 0.480 e. The van der Waals surface area contributed by atoms with Crippen LogP contribution in [-0.4, -0.2) is 82.9 Å². The van der Waals surface area contributed by atoms with Crippen LogP contribution in [0.4, 0.5) is 0 Å². The molecule has 0 saturated carbocycles. The number of nitrogens with one attached hydrogen (secondary N) is 3. The summed E-state index contributed by atoms with van der Waals surface area (Å²) in [6.07, 6.45) is 0.935. The molecule has 3 amide bonds. The summed E-state index contributed by atoms with van der Waals surface area (Å²) in [6, 6.07) is -4.61. The smallest absolute Gasteiger partial charge is 0.327 e. The molecule has 0 radical (unpaired) electrons. The van der Waals surface area contributed by atoms with E-state index in [1.807, 2.05) is 6.92 Å². The number of carboxylic acid groups (broad SMARTS) is 1. The van der Waals surface area contributed by atoms with Crippen molar-refractivity contribution >= 4 is 42.3 Å². The molecule has 32 heavy (non-hydrogen) atoms.